The van der Waals surface area contributed by atoms with Crippen molar-refractivity contribution in [3.63, 3.8) is 0 Å². The van der Waals surface area contributed by atoms with Crippen LogP contribution in [-0.4, -0.2) is 19.1 Å². The third-order valence-electron chi connectivity index (χ3n) is 4.57. The molecule has 2 rings (SSSR count). The minimum atomic E-state index is 0.521. The smallest absolute Gasteiger partial charge is 0.0423 e. The first-order valence-corrected chi connectivity index (χ1v) is 9.03. The highest BCUT2D eigenvalue weighted by Gasteiger charge is 2.23. The maximum Gasteiger partial charge on any atom is 0.0423 e. The van der Waals surface area contributed by atoms with Crippen molar-refractivity contribution < 1.29 is 0 Å². The Kier molecular flexibility index (Phi) is 6.12. The van der Waals surface area contributed by atoms with Gasteiger partial charge in [-0.05, 0) is 42.4 Å². The molecule has 0 unspecified atom stereocenters. The molecule has 0 saturated carbocycles. The second-order valence-corrected chi connectivity index (χ2v) is 7.79. The van der Waals surface area contributed by atoms with E-state index < -0.39 is 0 Å². The van der Waals surface area contributed by atoms with Gasteiger partial charge in [-0.15, -0.1) is 0 Å². The van der Waals surface area contributed by atoms with Crippen molar-refractivity contribution in [3.05, 3.63) is 28.2 Å². The predicted molar refractivity (Wildman–Crippen MR) is 95.9 cm³/mol. The molecule has 2 nitrogen and oxygen atoms in total. The van der Waals surface area contributed by atoms with Crippen molar-refractivity contribution in [2.75, 3.05) is 18.0 Å². The van der Waals surface area contributed by atoms with Gasteiger partial charge >= 0.3 is 0 Å². The van der Waals surface area contributed by atoms with E-state index in [1.807, 2.05) is 0 Å². The van der Waals surface area contributed by atoms with Gasteiger partial charge in [-0.1, -0.05) is 49.7 Å². The van der Waals surface area contributed by atoms with Crippen molar-refractivity contribution in [1.29, 1.82) is 0 Å². The van der Waals surface area contributed by atoms with E-state index in [1.54, 1.807) is 0 Å². The van der Waals surface area contributed by atoms with Gasteiger partial charge < -0.3 is 10.2 Å². The summed E-state index contributed by atoms with van der Waals surface area (Å²) in [5.41, 5.74) is 2.81. The highest BCUT2D eigenvalue weighted by Crippen LogP contribution is 2.31. The number of nitrogens with zero attached hydrogens (tertiary/aromatic N) is 1. The summed E-state index contributed by atoms with van der Waals surface area (Å²) in [6.45, 7) is 12.4. The molecule has 1 aliphatic rings. The molecule has 1 N–H and O–H groups in total. The summed E-state index contributed by atoms with van der Waals surface area (Å²) in [7, 11) is 0. The lowest BCUT2D eigenvalue weighted by Gasteiger charge is -2.36. The minimum absolute atomic E-state index is 0.521. The van der Waals surface area contributed by atoms with Gasteiger partial charge in [0.25, 0.3) is 0 Å². The molecule has 1 aliphatic heterocycles. The van der Waals surface area contributed by atoms with Crippen molar-refractivity contribution >= 4 is 21.6 Å². The maximum absolute atomic E-state index is 3.63. The Morgan fingerprint density at radius 2 is 1.86 bits per heavy atom. The number of hydrogen-bond donors (Lipinski definition) is 1. The lowest BCUT2D eigenvalue weighted by atomic mass is 9.86. The number of hydrogen-bond acceptors (Lipinski definition) is 2. The van der Waals surface area contributed by atoms with Crippen LogP contribution < -0.4 is 10.2 Å². The van der Waals surface area contributed by atoms with Crippen molar-refractivity contribution in [2.45, 2.75) is 53.1 Å². The lowest BCUT2D eigenvalue weighted by Crippen LogP contribution is -2.36. The molecule has 1 heterocycles. The summed E-state index contributed by atoms with van der Waals surface area (Å²) in [4.78, 5) is 2.57. The first-order valence-electron chi connectivity index (χ1n) is 8.24. The molecule has 0 atom stereocenters. The Balaban J connectivity index is 2.09. The molecule has 3 heteroatoms. The Bertz CT molecular complexity index is 449. The SMILES string of the molecule is CC(C)NCc1ccc(Br)cc1N1CCC(C(C)C)CC1. The molecule has 0 aliphatic carbocycles. The monoisotopic (exact) mass is 352 g/mol. The summed E-state index contributed by atoms with van der Waals surface area (Å²) >= 11 is 3.63. The Hall–Kier alpha value is -0.540. The zero-order valence-electron chi connectivity index (χ0n) is 13.8. The summed E-state index contributed by atoms with van der Waals surface area (Å²) in [6, 6.07) is 7.21. The predicted octanol–water partition coefficient (Wildman–Crippen LogP) is 4.82. The molecule has 21 heavy (non-hydrogen) atoms. The molecule has 0 spiro atoms. The molecule has 1 aromatic carbocycles. The summed E-state index contributed by atoms with van der Waals surface area (Å²) in [5, 5.41) is 3.55. The van der Waals surface area contributed by atoms with Crippen LogP contribution in [0.1, 0.15) is 46.1 Å². The van der Waals surface area contributed by atoms with Gasteiger partial charge in [-0.3, -0.25) is 0 Å². The van der Waals surface area contributed by atoms with Crippen LogP contribution in [0.3, 0.4) is 0 Å². The average molecular weight is 353 g/mol. The van der Waals surface area contributed by atoms with E-state index >= 15 is 0 Å². The topological polar surface area (TPSA) is 15.3 Å². The first-order chi connectivity index (χ1) is 9.97. The number of halogens is 1. The molecule has 1 saturated heterocycles. The number of benzene rings is 1. The molecule has 0 aromatic heterocycles. The maximum atomic E-state index is 3.63. The normalized spacial score (nSPS) is 17.0. The average Bonchev–Trinajstić information content (AvgIpc) is 2.46. The van der Waals surface area contributed by atoms with Gasteiger partial charge in [-0.2, -0.15) is 0 Å². The Morgan fingerprint density at radius 3 is 2.43 bits per heavy atom. The minimum Gasteiger partial charge on any atom is -0.371 e. The molecule has 0 radical (unpaired) electrons. The molecule has 118 valence electrons. The molecule has 0 bridgehead atoms. The number of nitrogens with one attached hydrogen (secondary N) is 1. The van der Waals surface area contributed by atoms with Gasteiger partial charge in [0.05, 0.1) is 0 Å². The number of rotatable bonds is 5. The van der Waals surface area contributed by atoms with E-state index in [0.717, 1.165) is 18.4 Å². The zero-order chi connectivity index (χ0) is 15.4. The molecular formula is C18H29BrN2. The fraction of sp³-hybridized carbons (Fsp3) is 0.667. The van der Waals surface area contributed by atoms with E-state index in [4.69, 9.17) is 0 Å². The van der Waals surface area contributed by atoms with Crippen LogP contribution in [0.2, 0.25) is 0 Å². The molecule has 1 fully saturated rings. The Labute approximate surface area is 138 Å². The summed E-state index contributed by atoms with van der Waals surface area (Å²) in [5.74, 6) is 1.71. The van der Waals surface area contributed by atoms with Crippen LogP contribution in [-0.2, 0) is 6.54 Å². The van der Waals surface area contributed by atoms with Gasteiger partial charge in [0.2, 0.25) is 0 Å². The zero-order valence-corrected chi connectivity index (χ0v) is 15.4. The van der Waals surface area contributed by atoms with Crippen LogP contribution in [0.15, 0.2) is 22.7 Å². The van der Waals surface area contributed by atoms with E-state index in [-0.39, 0.29) is 0 Å². The number of piperidine rings is 1. The molecule has 1 aromatic rings. The van der Waals surface area contributed by atoms with E-state index in [1.165, 1.54) is 41.7 Å². The van der Waals surface area contributed by atoms with Gasteiger partial charge in [-0.25, -0.2) is 0 Å². The van der Waals surface area contributed by atoms with Crippen molar-refractivity contribution in [1.82, 2.24) is 5.32 Å². The number of anilines is 1. The van der Waals surface area contributed by atoms with Gasteiger partial charge in [0, 0.05) is 35.8 Å². The van der Waals surface area contributed by atoms with Gasteiger partial charge in [0.1, 0.15) is 0 Å². The third kappa shape index (κ3) is 4.72. The van der Waals surface area contributed by atoms with E-state index in [2.05, 4.69) is 72.0 Å². The van der Waals surface area contributed by atoms with Crippen LogP contribution >= 0.6 is 15.9 Å². The van der Waals surface area contributed by atoms with Crippen molar-refractivity contribution in [3.8, 4) is 0 Å². The fourth-order valence-corrected chi connectivity index (χ4v) is 3.45. The Morgan fingerprint density at radius 1 is 1.19 bits per heavy atom. The van der Waals surface area contributed by atoms with Crippen LogP contribution in [0.4, 0.5) is 5.69 Å². The first kappa shape index (κ1) is 16.8. The largest absolute Gasteiger partial charge is 0.371 e. The van der Waals surface area contributed by atoms with Crippen LogP contribution in [0.5, 0.6) is 0 Å². The third-order valence-corrected chi connectivity index (χ3v) is 5.06. The molecular weight excluding hydrogens is 324 g/mol. The quantitative estimate of drug-likeness (QED) is 0.816. The summed E-state index contributed by atoms with van der Waals surface area (Å²) < 4.78 is 1.18. The van der Waals surface area contributed by atoms with E-state index in [9.17, 15) is 0 Å². The van der Waals surface area contributed by atoms with E-state index in [0.29, 0.717) is 6.04 Å². The van der Waals surface area contributed by atoms with Gasteiger partial charge in [0.15, 0.2) is 0 Å². The van der Waals surface area contributed by atoms with Crippen LogP contribution in [0.25, 0.3) is 0 Å². The van der Waals surface area contributed by atoms with Crippen molar-refractivity contribution in [2.24, 2.45) is 11.8 Å². The lowest BCUT2D eigenvalue weighted by molar-refractivity contribution is 0.311. The standard InChI is InChI=1S/C18H29BrN2/c1-13(2)15-7-9-21(10-8-15)18-11-17(19)6-5-16(18)12-20-14(3)4/h5-6,11,13-15,20H,7-10,12H2,1-4H3. The fourth-order valence-electron chi connectivity index (χ4n) is 3.10. The second kappa shape index (κ2) is 7.64. The molecule has 0 amide bonds. The summed E-state index contributed by atoms with van der Waals surface area (Å²) in [6.07, 6.45) is 2.64. The highest BCUT2D eigenvalue weighted by molar-refractivity contribution is 9.10. The highest BCUT2D eigenvalue weighted by atomic mass is 79.9. The van der Waals surface area contributed by atoms with Crippen LogP contribution in [0, 0.1) is 11.8 Å². The second-order valence-electron chi connectivity index (χ2n) is 6.88.